The van der Waals surface area contributed by atoms with Crippen LogP contribution in [0.1, 0.15) is 24.6 Å². The van der Waals surface area contributed by atoms with Crippen LogP contribution < -0.4 is 4.74 Å². The molecule has 4 heteroatoms. The molecule has 1 aromatic rings. The average Bonchev–Trinajstić information content (AvgIpc) is 2.34. The monoisotopic (exact) mass is 192 g/mol. The summed E-state index contributed by atoms with van der Waals surface area (Å²) in [6, 6.07) is 3.39. The van der Waals surface area contributed by atoms with Crippen LogP contribution in [0.3, 0.4) is 0 Å². The first-order valence-corrected chi connectivity index (χ1v) is 4.46. The molecule has 0 saturated carbocycles. The van der Waals surface area contributed by atoms with Crippen molar-refractivity contribution in [3.05, 3.63) is 17.0 Å². The predicted octanol–water partition coefficient (Wildman–Crippen LogP) is 3.47. The number of hydrogen-bond donors (Lipinski definition) is 0. The lowest BCUT2D eigenvalue weighted by Crippen LogP contribution is -1.99. The molecule has 0 bridgehead atoms. The number of halogens is 2. The second-order valence-electron chi connectivity index (χ2n) is 2.69. The Morgan fingerprint density at radius 3 is 2.42 bits per heavy atom. The van der Waals surface area contributed by atoms with Gasteiger partial charge in [0, 0.05) is 4.88 Å². The van der Waals surface area contributed by atoms with Crippen LogP contribution >= 0.6 is 11.3 Å². The molecule has 0 N–H and O–H groups in total. The third kappa shape index (κ3) is 2.44. The molecule has 0 spiro atoms. The number of alkyl halides is 2. The average molecular weight is 192 g/mol. The highest BCUT2D eigenvalue weighted by molar-refractivity contribution is 7.13. The fraction of sp³-hybridized carbons (Fsp3) is 0.500. The largest absolute Gasteiger partial charge is 0.425 e. The third-order valence-corrected chi connectivity index (χ3v) is 2.65. The van der Waals surface area contributed by atoms with E-state index in [0.29, 0.717) is 5.92 Å². The predicted molar refractivity (Wildman–Crippen MR) is 45.0 cm³/mol. The van der Waals surface area contributed by atoms with Crippen LogP contribution in [0.15, 0.2) is 12.1 Å². The van der Waals surface area contributed by atoms with Crippen LogP contribution in [0.25, 0.3) is 0 Å². The molecule has 1 rings (SSSR count). The summed E-state index contributed by atoms with van der Waals surface area (Å²) in [4.78, 5) is 1.06. The molecule has 68 valence electrons. The highest BCUT2D eigenvalue weighted by Crippen LogP contribution is 2.30. The zero-order valence-corrected chi connectivity index (χ0v) is 7.70. The number of thiophene rings is 1. The quantitative estimate of drug-likeness (QED) is 0.712. The van der Waals surface area contributed by atoms with E-state index >= 15 is 0 Å². The van der Waals surface area contributed by atoms with Crippen molar-refractivity contribution < 1.29 is 13.5 Å². The minimum atomic E-state index is -2.72. The van der Waals surface area contributed by atoms with Crippen molar-refractivity contribution in [2.24, 2.45) is 0 Å². The molecule has 1 heterocycles. The Kier molecular flexibility index (Phi) is 3.03. The van der Waals surface area contributed by atoms with Gasteiger partial charge in [-0.05, 0) is 18.1 Å². The normalized spacial score (nSPS) is 11.2. The Morgan fingerprint density at radius 1 is 1.33 bits per heavy atom. The molecular formula is C8H10F2OS. The molecule has 0 aliphatic heterocycles. The Hall–Kier alpha value is -0.640. The Balaban J connectivity index is 2.64. The second-order valence-corrected chi connectivity index (χ2v) is 3.77. The summed E-state index contributed by atoms with van der Waals surface area (Å²) in [5.74, 6) is 0.366. The van der Waals surface area contributed by atoms with Gasteiger partial charge >= 0.3 is 6.61 Å². The molecular weight excluding hydrogens is 182 g/mol. The molecule has 0 amide bonds. The maximum atomic E-state index is 11.7. The topological polar surface area (TPSA) is 9.23 Å². The molecule has 0 radical (unpaired) electrons. The number of ether oxygens (including phenoxy) is 1. The van der Waals surface area contributed by atoms with Crippen LogP contribution in [-0.2, 0) is 0 Å². The van der Waals surface area contributed by atoms with E-state index in [9.17, 15) is 8.78 Å². The van der Waals surface area contributed by atoms with Crippen LogP contribution in [0.4, 0.5) is 8.78 Å². The lowest BCUT2D eigenvalue weighted by molar-refractivity contribution is -0.0471. The van der Waals surface area contributed by atoms with Gasteiger partial charge in [-0.3, -0.25) is 0 Å². The van der Waals surface area contributed by atoms with Gasteiger partial charge < -0.3 is 4.74 Å². The van der Waals surface area contributed by atoms with E-state index in [0.717, 1.165) is 4.88 Å². The number of rotatable bonds is 3. The molecule has 0 aromatic carbocycles. The molecule has 0 unspecified atom stereocenters. The van der Waals surface area contributed by atoms with Gasteiger partial charge in [0.2, 0.25) is 0 Å². The van der Waals surface area contributed by atoms with Crippen LogP contribution in [0, 0.1) is 0 Å². The summed E-state index contributed by atoms with van der Waals surface area (Å²) in [6.07, 6.45) is 0. The molecule has 0 aliphatic carbocycles. The molecule has 0 saturated heterocycles. The highest BCUT2D eigenvalue weighted by atomic mass is 32.1. The van der Waals surface area contributed by atoms with Gasteiger partial charge in [-0.1, -0.05) is 13.8 Å². The fourth-order valence-electron chi connectivity index (χ4n) is 0.796. The fourth-order valence-corrected chi connectivity index (χ4v) is 1.66. The number of hydrogen-bond acceptors (Lipinski definition) is 2. The third-order valence-electron chi connectivity index (χ3n) is 1.38. The maximum absolute atomic E-state index is 11.7. The van der Waals surface area contributed by atoms with E-state index in [-0.39, 0.29) is 5.06 Å². The van der Waals surface area contributed by atoms with Gasteiger partial charge in [0.05, 0.1) is 0 Å². The van der Waals surface area contributed by atoms with Gasteiger partial charge in [0.15, 0.2) is 5.06 Å². The summed E-state index contributed by atoms with van der Waals surface area (Å²) >= 11 is 1.27. The summed E-state index contributed by atoms with van der Waals surface area (Å²) in [6.45, 7) is 1.30. The first-order valence-electron chi connectivity index (χ1n) is 3.64. The van der Waals surface area contributed by atoms with E-state index in [1.54, 1.807) is 6.07 Å². The summed E-state index contributed by atoms with van der Waals surface area (Å²) in [5.41, 5.74) is 0. The molecule has 0 atom stereocenters. The van der Waals surface area contributed by atoms with Gasteiger partial charge in [-0.15, -0.1) is 11.3 Å². The first-order chi connectivity index (χ1) is 5.59. The summed E-state index contributed by atoms with van der Waals surface area (Å²) in [5, 5.41) is 0.286. The van der Waals surface area contributed by atoms with Gasteiger partial charge in [0.1, 0.15) is 0 Å². The zero-order chi connectivity index (χ0) is 9.14. The van der Waals surface area contributed by atoms with Crippen molar-refractivity contribution in [2.45, 2.75) is 26.4 Å². The van der Waals surface area contributed by atoms with Crippen molar-refractivity contribution in [2.75, 3.05) is 0 Å². The van der Waals surface area contributed by atoms with Crippen molar-refractivity contribution in [3.63, 3.8) is 0 Å². The van der Waals surface area contributed by atoms with Crippen LogP contribution in [0.2, 0.25) is 0 Å². The van der Waals surface area contributed by atoms with Crippen molar-refractivity contribution >= 4 is 11.3 Å². The molecule has 1 aromatic heterocycles. The minimum absolute atomic E-state index is 0.286. The standard InChI is InChI=1S/C8H10F2OS/c1-5(2)6-3-4-7(12-6)11-8(9)10/h3-5,8H,1-2H3. The zero-order valence-electron chi connectivity index (χ0n) is 6.88. The molecule has 1 nitrogen and oxygen atoms in total. The van der Waals surface area contributed by atoms with E-state index in [4.69, 9.17) is 0 Å². The second kappa shape index (κ2) is 3.85. The lowest BCUT2D eigenvalue weighted by atomic mass is 10.2. The van der Waals surface area contributed by atoms with Crippen LogP contribution in [-0.4, -0.2) is 6.61 Å². The first kappa shape index (κ1) is 9.45. The van der Waals surface area contributed by atoms with E-state index in [1.165, 1.54) is 11.3 Å². The maximum Gasteiger partial charge on any atom is 0.388 e. The van der Waals surface area contributed by atoms with E-state index in [2.05, 4.69) is 4.74 Å². The smallest absolute Gasteiger partial charge is 0.388 e. The Morgan fingerprint density at radius 2 is 2.00 bits per heavy atom. The minimum Gasteiger partial charge on any atom is -0.425 e. The summed E-state index contributed by atoms with van der Waals surface area (Å²) < 4.78 is 27.7. The van der Waals surface area contributed by atoms with Gasteiger partial charge in [0.25, 0.3) is 0 Å². The highest BCUT2D eigenvalue weighted by Gasteiger charge is 2.08. The van der Waals surface area contributed by atoms with Gasteiger partial charge in [-0.25, -0.2) is 0 Å². The van der Waals surface area contributed by atoms with Crippen molar-refractivity contribution in [3.8, 4) is 5.06 Å². The van der Waals surface area contributed by atoms with E-state index in [1.807, 2.05) is 19.9 Å². The van der Waals surface area contributed by atoms with Crippen LogP contribution in [0.5, 0.6) is 5.06 Å². The Bertz CT molecular complexity index is 245. The molecule has 12 heavy (non-hydrogen) atoms. The molecule has 0 fully saturated rings. The van der Waals surface area contributed by atoms with Crippen molar-refractivity contribution in [1.82, 2.24) is 0 Å². The Labute approximate surface area is 74.0 Å². The van der Waals surface area contributed by atoms with Gasteiger partial charge in [-0.2, -0.15) is 8.78 Å². The summed E-state index contributed by atoms with van der Waals surface area (Å²) in [7, 11) is 0. The van der Waals surface area contributed by atoms with E-state index < -0.39 is 6.61 Å². The lowest BCUT2D eigenvalue weighted by Gasteiger charge is -2.00. The SMILES string of the molecule is CC(C)c1ccc(OC(F)F)s1. The van der Waals surface area contributed by atoms with Crippen molar-refractivity contribution in [1.29, 1.82) is 0 Å². The molecule has 0 aliphatic rings.